The van der Waals surface area contributed by atoms with Gasteiger partial charge >= 0.3 is 5.97 Å². The van der Waals surface area contributed by atoms with Crippen molar-refractivity contribution in [3.8, 4) is 0 Å². The Morgan fingerprint density at radius 2 is 1.83 bits per heavy atom. The van der Waals surface area contributed by atoms with Gasteiger partial charge in [0.05, 0.1) is 5.92 Å². The molecule has 3 heteroatoms. The van der Waals surface area contributed by atoms with Crippen molar-refractivity contribution in [1.82, 2.24) is 0 Å². The Hall–Kier alpha value is -1.02. The topological polar surface area (TPSA) is 37.3 Å². The summed E-state index contributed by atoms with van der Waals surface area (Å²) >= 11 is 0. The predicted octanol–water partition coefficient (Wildman–Crippen LogP) is 3.67. The summed E-state index contributed by atoms with van der Waals surface area (Å²) in [5.41, 5.74) is 3.69. The predicted molar refractivity (Wildman–Crippen MR) is 75.5 cm³/mol. The monoisotopic (exact) mass is 268 g/mol. The zero-order valence-electron chi connectivity index (χ0n) is 11.1. The Morgan fingerprint density at radius 3 is 2.39 bits per heavy atom. The van der Waals surface area contributed by atoms with Crippen molar-refractivity contribution in [3.63, 3.8) is 0 Å². The molecule has 0 radical (unpaired) electrons. The summed E-state index contributed by atoms with van der Waals surface area (Å²) in [5.74, 6) is 0.268. The second-order valence-corrected chi connectivity index (χ2v) is 5.50. The van der Waals surface area contributed by atoms with E-state index in [1.165, 1.54) is 11.1 Å². The second-order valence-electron chi connectivity index (χ2n) is 5.50. The average Bonchev–Trinajstić information content (AvgIpc) is 2.70. The van der Waals surface area contributed by atoms with Crippen molar-refractivity contribution in [2.24, 2.45) is 11.8 Å². The van der Waals surface area contributed by atoms with E-state index < -0.39 is 11.9 Å². The molecule has 1 aromatic rings. The summed E-state index contributed by atoms with van der Waals surface area (Å²) in [6.45, 7) is 6.27. The summed E-state index contributed by atoms with van der Waals surface area (Å²) < 4.78 is 0. The van der Waals surface area contributed by atoms with Crippen LogP contribution in [0.4, 0.5) is 0 Å². The summed E-state index contributed by atoms with van der Waals surface area (Å²) in [7, 11) is 0. The van der Waals surface area contributed by atoms with Gasteiger partial charge in [-0.25, -0.2) is 0 Å². The smallest absolute Gasteiger partial charge is 0.310 e. The molecule has 1 N–H and O–H groups in total. The quantitative estimate of drug-likeness (QED) is 0.908. The maximum atomic E-state index is 11.0. The largest absolute Gasteiger partial charge is 0.481 e. The molecule has 2 unspecified atom stereocenters. The summed E-state index contributed by atoms with van der Waals surface area (Å²) in [5, 5.41) is 9.02. The van der Waals surface area contributed by atoms with E-state index in [1.807, 2.05) is 6.07 Å². The van der Waals surface area contributed by atoms with Gasteiger partial charge in [0.2, 0.25) is 0 Å². The van der Waals surface area contributed by atoms with Crippen LogP contribution in [0.5, 0.6) is 0 Å². The first kappa shape index (κ1) is 15.0. The molecular formula is C15H21ClO2. The van der Waals surface area contributed by atoms with Crippen molar-refractivity contribution in [3.05, 3.63) is 34.9 Å². The molecule has 100 valence electrons. The van der Waals surface area contributed by atoms with E-state index in [0.717, 1.165) is 24.3 Å². The van der Waals surface area contributed by atoms with Crippen LogP contribution in [-0.2, 0) is 17.6 Å². The SMILES string of the molecule is CC(C(=O)O)c1ccc2c(c1)CC(C(C)C)C2.Cl. The van der Waals surface area contributed by atoms with E-state index in [0.29, 0.717) is 5.92 Å². The van der Waals surface area contributed by atoms with Crippen molar-refractivity contribution in [1.29, 1.82) is 0 Å². The lowest BCUT2D eigenvalue weighted by Gasteiger charge is -2.12. The molecular weight excluding hydrogens is 248 g/mol. The summed E-state index contributed by atoms with van der Waals surface area (Å²) in [4.78, 5) is 11.0. The van der Waals surface area contributed by atoms with Crippen LogP contribution in [0.2, 0.25) is 0 Å². The molecule has 2 atom stereocenters. The van der Waals surface area contributed by atoms with E-state index in [1.54, 1.807) is 6.92 Å². The first-order valence-electron chi connectivity index (χ1n) is 6.33. The van der Waals surface area contributed by atoms with Crippen molar-refractivity contribution in [2.75, 3.05) is 0 Å². The fraction of sp³-hybridized carbons (Fsp3) is 0.533. The number of halogens is 1. The van der Waals surface area contributed by atoms with Gasteiger partial charge in [-0.1, -0.05) is 32.0 Å². The standard InChI is InChI=1S/C15H20O2.ClH/c1-9(2)13-7-12-5-4-11(6-14(12)8-13)10(3)15(16)17;/h4-6,9-10,13H,7-8H2,1-3H3,(H,16,17);1H. The number of aliphatic carboxylic acids is 1. The lowest BCUT2D eigenvalue weighted by atomic mass is 9.93. The van der Waals surface area contributed by atoms with E-state index >= 15 is 0 Å². The van der Waals surface area contributed by atoms with Gasteiger partial charge in [-0.2, -0.15) is 0 Å². The summed E-state index contributed by atoms with van der Waals surface area (Å²) in [6, 6.07) is 6.18. The van der Waals surface area contributed by atoms with Crippen LogP contribution in [0.25, 0.3) is 0 Å². The van der Waals surface area contributed by atoms with Gasteiger partial charge in [-0.05, 0) is 48.3 Å². The van der Waals surface area contributed by atoms with Crippen molar-refractivity contribution >= 4 is 18.4 Å². The Bertz CT molecular complexity index is 440. The molecule has 1 aliphatic carbocycles. The van der Waals surface area contributed by atoms with E-state index in [9.17, 15) is 4.79 Å². The third-order valence-corrected chi connectivity index (χ3v) is 4.01. The molecule has 0 heterocycles. The molecule has 0 aliphatic heterocycles. The minimum atomic E-state index is -0.747. The molecule has 0 saturated carbocycles. The van der Waals surface area contributed by atoms with Crippen LogP contribution in [0.1, 0.15) is 43.4 Å². The molecule has 2 rings (SSSR count). The Balaban J connectivity index is 0.00000162. The average molecular weight is 269 g/mol. The van der Waals surface area contributed by atoms with Gasteiger partial charge < -0.3 is 5.11 Å². The van der Waals surface area contributed by atoms with E-state index in [-0.39, 0.29) is 12.4 Å². The lowest BCUT2D eigenvalue weighted by Crippen LogP contribution is -2.08. The first-order chi connectivity index (χ1) is 7.99. The highest BCUT2D eigenvalue weighted by molar-refractivity contribution is 5.85. The highest BCUT2D eigenvalue weighted by Gasteiger charge is 2.25. The molecule has 0 aromatic heterocycles. The van der Waals surface area contributed by atoms with Gasteiger partial charge in [0, 0.05) is 0 Å². The third-order valence-electron chi connectivity index (χ3n) is 4.01. The Labute approximate surface area is 115 Å². The number of hydrogen-bond acceptors (Lipinski definition) is 1. The maximum Gasteiger partial charge on any atom is 0.310 e. The molecule has 0 bridgehead atoms. The summed E-state index contributed by atoms with van der Waals surface area (Å²) in [6.07, 6.45) is 2.25. The normalized spacial score (nSPS) is 19.2. The fourth-order valence-electron chi connectivity index (χ4n) is 2.56. The van der Waals surface area contributed by atoms with Gasteiger partial charge in [0.1, 0.15) is 0 Å². The molecule has 1 aromatic carbocycles. The zero-order chi connectivity index (χ0) is 12.6. The minimum Gasteiger partial charge on any atom is -0.481 e. The number of carboxylic acid groups (broad SMARTS) is 1. The highest BCUT2D eigenvalue weighted by Crippen LogP contribution is 2.33. The van der Waals surface area contributed by atoms with Crippen LogP contribution in [0, 0.1) is 11.8 Å². The number of hydrogen-bond donors (Lipinski definition) is 1. The second kappa shape index (κ2) is 5.75. The van der Waals surface area contributed by atoms with Gasteiger partial charge in [0.15, 0.2) is 0 Å². The number of fused-ring (bicyclic) bond motifs is 1. The first-order valence-corrected chi connectivity index (χ1v) is 6.33. The maximum absolute atomic E-state index is 11.0. The Kier molecular flexibility index (Phi) is 4.80. The highest BCUT2D eigenvalue weighted by atomic mass is 35.5. The number of carboxylic acids is 1. The van der Waals surface area contributed by atoms with Gasteiger partial charge in [-0.3, -0.25) is 4.79 Å². The molecule has 1 aliphatic rings. The van der Waals surface area contributed by atoms with Crippen LogP contribution in [-0.4, -0.2) is 11.1 Å². The zero-order valence-corrected chi connectivity index (χ0v) is 12.0. The van der Waals surface area contributed by atoms with Crippen LogP contribution >= 0.6 is 12.4 Å². The molecule has 2 nitrogen and oxygen atoms in total. The van der Waals surface area contributed by atoms with Crippen LogP contribution in [0.3, 0.4) is 0 Å². The molecule has 0 fully saturated rings. The van der Waals surface area contributed by atoms with Gasteiger partial charge in [-0.15, -0.1) is 12.4 Å². The molecule has 18 heavy (non-hydrogen) atoms. The van der Waals surface area contributed by atoms with Crippen LogP contribution in [0.15, 0.2) is 18.2 Å². The Morgan fingerprint density at radius 1 is 1.22 bits per heavy atom. The van der Waals surface area contributed by atoms with Crippen molar-refractivity contribution < 1.29 is 9.90 Å². The number of carbonyl (C=O) groups is 1. The third kappa shape index (κ3) is 2.86. The van der Waals surface area contributed by atoms with Crippen LogP contribution < -0.4 is 0 Å². The minimum absolute atomic E-state index is 0. The number of benzene rings is 1. The molecule has 0 spiro atoms. The van der Waals surface area contributed by atoms with E-state index in [4.69, 9.17) is 5.11 Å². The number of rotatable bonds is 3. The molecule has 0 amide bonds. The van der Waals surface area contributed by atoms with E-state index in [2.05, 4.69) is 26.0 Å². The molecule has 0 saturated heterocycles. The fourth-order valence-corrected chi connectivity index (χ4v) is 2.56. The lowest BCUT2D eigenvalue weighted by molar-refractivity contribution is -0.138. The van der Waals surface area contributed by atoms with Gasteiger partial charge in [0.25, 0.3) is 0 Å². The van der Waals surface area contributed by atoms with Crippen molar-refractivity contribution in [2.45, 2.75) is 39.5 Å².